The maximum atomic E-state index is 12.2. The standard InChI is InChI=1S/C10H9ClF3N/c1-6-8(11)4-3-5-9(6)15-7(2)10(12,13)14/h3-5H,1-2H3/b15-7+. The Bertz CT molecular complexity index is 396. The summed E-state index contributed by atoms with van der Waals surface area (Å²) < 4.78 is 36.6. The molecular formula is C10H9ClF3N. The predicted molar refractivity (Wildman–Crippen MR) is 55.0 cm³/mol. The van der Waals surface area contributed by atoms with Crippen LogP contribution in [0.5, 0.6) is 0 Å². The zero-order valence-electron chi connectivity index (χ0n) is 8.19. The first kappa shape index (κ1) is 12.0. The van der Waals surface area contributed by atoms with Crippen molar-refractivity contribution < 1.29 is 13.2 Å². The van der Waals surface area contributed by atoms with Gasteiger partial charge in [0, 0.05) is 5.02 Å². The van der Waals surface area contributed by atoms with E-state index in [1.165, 1.54) is 6.07 Å². The van der Waals surface area contributed by atoms with Crippen LogP contribution in [0.15, 0.2) is 23.2 Å². The highest BCUT2D eigenvalue weighted by atomic mass is 35.5. The third-order valence-electron chi connectivity index (χ3n) is 1.94. The van der Waals surface area contributed by atoms with Gasteiger partial charge in [0.15, 0.2) is 0 Å². The van der Waals surface area contributed by atoms with Crippen LogP contribution in [0.25, 0.3) is 0 Å². The molecule has 0 spiro atoms. The Morgan fingerprint density at radius 2 is 1.93 bits per heavy atom. The minimum Gasteiger partial charge on any atom is -0.248 e. The summed E-state index contributed by atoms with van der Waals surface area (Å²) in [7, 11) is 0. The maximum absolute atomic E-state index is 12.2. The molecule has 0 radical (unpaired) electrons. The molecule has 0 N–H and O–H groups in total. The molecule has 0 unspecified atom stereocenters. The van der Waals surface area contributed by atoms with Gasteiger partial charge in [-0.1, -0.05) is 17.7 Å². The first-order valence-corrected chi connectivity index (χ1v) is 4.58. The van der Waals surface area contributed by atoms with Crippen molar-refractivity contribution in [3.05, 3.63) is 28.8 Å². The first-order chi connectivity index (χ1) is 6.82. The SMILES string of the molecule is C/C(=N\c1cccc(Cl)c1C)C(F)(F)F. The Morgan fingerprint density at radius 3 is 2.47 bits per heavy atom. The fraction of sp³-hybridized carbons (Fsp3) is 0.300. The van der Waals surface area contributed by atoms with Crippen molar-refractivity contribution in [1.29, 1.82) is 0 Å². The molecule has 0 bridgehead atoms. The van der Waals surface area contributed by atoms with E-state index < -0.39 is 11.9 Å². The molecule has 82 valence electrons. The monoisotopic (exact) mass is 235 g/mol. The molecule has 1 rings (SSSR count). The number of aliphatic imine (C=N–C) groups is 1. The van der Waals surface area contributed by atoms with Gasteiger partial charge in [0.1, 0.15) is 5.71 Å². The predicted octanol–water partition coefficient (Wildman–Crippen LogP) is 4.30. The van der Waals surface area contributed by atoms with Crippen molar-refractivity contribution in [1.82, 2.24) is 0 Å². The summed E-state index contributed by atoms with van der Waals surface area (Å²) in [6, 6.07) is 4.67. The quantitative estimate of drug-likeness (QED) is 0.644. The van der Waals surface area contributed by atoms with Crippen LogP contribution in [0.1, 0.15) is 12.5 Å². The number of benzene rings is 1. The number of nitrogens with zero attached hydrogens (tertiary/aromatic N) is 1. The molecule has 15 heavy (non-hydrogen) atoms. The second-order valence-electron chi connectivity index (χ2n) is 3.08. The highest BCUT2D eigenvalue weighted by Gasteiger charge is 2.31. The van der Waals surface area contributed by atoms with Crippen molar-refractivity contribution in [2.24, 2.45) is 4.99 Å². The molecule has 0 heterocycles. The molecule has 5 heteroatoms. The normalized spacial score (nSPS) is 13.1. The van der Waals surface area contributed by atoms with Crippen molar-refractivity contribution in [2.75, 3.05) is 0 Å². The van der Waals surface area contributed by atoms with Gasteiger partial charge in [0.2, 0.25) is 0 Å². The van der Waals surface area contributed by atoms with Gasteiger partial charge in [-0.15, -0.1) is 0 Å². The topological polar surface area (TPSA) is 12.4 Å². The minimum atomic E-state index is -4.39. The molecule has 1 nitrogen and oxygen atoms in total. The zero-order valence-corrected chi connectivity index (χ0v) is 8.95. The van der Waals surface area contributed by atoms with E-state index in [2.05, 4.69) is 4.99 Å². The molecule has 1 aromatic carbocycles. The summed E-state index contributed by atoms with van der Waals surface area (Å²) in [5.74, 6) is 0. The largest absolute Gasteiger partial charge is 0.429 e. The fourth-order valence-electron chi connectivity index (χ4n) is 0.961. The Labute approximate surface area is 90.6 Å². The lowest BCUT2D eigenvalue weighted by molar-refractivity contribution is -0.0591. The van der Waals surface area contributed by atoms with Crippen LogP contribution in [-0.4, -0.2) is 11.9 Å². The van der Waals surface area contributed by atoms with Gasteiger partial charge in [-0.25, -0.2) is 4.99 Å². The minimum absolute atomic E-state index is 0.248. The molecule has 0 saturated heterocycles. The molecule has 0 fully saturated rings. The van der Waals surface area contributed by atoms with E-state index in [1.807, 2.05) is 0 Å². The van der Waals surface area contributed by atoms with E-state index >= 15 is 0 Å². The van der Waals surface area contributed by atoms with E-state index in [0.29, 0.717) is 10.6 Å². The van der Waals surface area contributed by atoms with Gasteiger partial charge in [-0.3, -0.25) is 0 Å². The Kier molecular flexibility index (Phi) is 3.39. The van der Waals surface area contributed by atoms with Crippen LogP contribution < -0.4 is 0 Å². The average Bonchev–Trinajstić information content (AvgIpc) is 2.11. The molecule has 1 aromatic rings. The highest BCUT2D eigenvalue weighted by molar-refractivity contribution is 6.31. The van der Waals surface area contributed by atoms with Crippen LogP contribution >= 0.6 is 11.6 Å². The molecule has 0 aromatic heterocycles. The molecule has 0 aliphatic heterocycles. The molecule has 0 aliphatic rings. The summed E-state index contributed by atoms with van der Waals surface area (Å²) >= 11 is 5.76. The van der Waals surface area contributed by atoms with E-state index in [4.69, 9.17) is 11.6 Å². The second-order valence-corrected chi connectivity index (χ2v) is 3.49. The number of hydrogen-bond donors (Lipinski definition) is 0. The van der Waals surface area contributed by atoms with E-state index in [1.54, 1.807) is 19.1 Å². The van der Waals surface area contributed by atoms with Crippen molar-refractivity contribution >= 4 is 23.0 Å². The van der Waals surface area contributed by atoms with Crippen LogP contribution in [0.4, 0.5) is 18.9 Å². The third-order valence-corrected chi connectivity index (χ3v) is 2.35. The number of hydrogen-bond acceptors (Lipinski definition) is 1. The van der Waals surface area contributed by atoms with Gasteiger partial charge >= 0.3 is 6.18 Å². The van der Waals surface area contributed by atoms with Crippen LogP contribution in [0, 0.1) is 6.92 Å². The van der Waals surface area contributed by atoms with Gasteiger partial charge < -0.3 is 0 Å². The molecule has 0 aliphatic carbocycles. The van der Waals surface area contributed by atoms with Gasteiger partial charge in [0.05, 0.1) is 5.69 Å². The van der Waals surface area contributed by atoms with Crippen LogP contribution in [-0.2, 0) is 0 Å². The van der Waals surface area contributed by atoms with Gasteiger partial charge in [0.25, 0.3) is 0 Å². The molecule has 0 atom stereocenters. The number of halogens is 4. The lowest BCUT2D eigenvalue weighted by atomic mass is 10.2. The first-order valence-electron chi connectivity index (χ1n) is 4.20. The summed E-state index contributed by atoms with van der Waals surface area (Å²) in [5.41, 5.74) is -0.0899. The van der Waals surface area contributed by atoms with Crippen LogP contribution in [0.2, 0.25) is 5.02 Å². The van der Waals surface area contributed by atoms with Gasteiger partial charge in [-0.2, -0.15) is 13.2 Å². The zero-order chi connectivity index (χ0) is 11.6. The second kappa shape index (κ2) is 4.23. The lowest BCUT2D eigenvalue weighted by Crippen LogP contribution is -2.18. The number of rotatable bonds is 1. The molecular weight excluding hydrogens is 227 g/mol. The fourth-order valence-corrected chi connectivity index (χ4v) is 1.13. The molecule has 0 saturated carbocycles. The van der Waals surface area contributed by atoms with Crippen molar-refractivity contribution in [3.63, 3.8) is 0 Å². The lowest BCUT2D eigenvalue weighted by Gasteiger charge is -2.07. The summed E-state index contributed by atoms with van der Waals surface area (Å²) in [4.78, 5) is 3.50. The average molecular weight is 236 g/mol. The van der Waals surface area contributed by atoms with Crippen LogP contribution in [0.3, 0.4) is 0 Å². The van der Waals surface area contributed by atoms with E-state index in [-0.39, 0.29) is 5.69 Å². The maximum Gasteiger partial charge on any atom is 0.429 e. The number of alkyl halides is 3. The van der Waals surface area contributed by atoms with Crippen molar-refractivity contribution in [2.45, 2.75) is 20.0 Å². The van der Waals surface area contributed by atoms with E-state index in [0.717, 1.165) is 6.92 Å². The Balaban J connectivity index is 3.15. The van der Waals surface area contributed by atoms with Crippen molar-refractivity contribution in [3.8, 4) is 0 Å². The molecule has 0 amide bonds. The Morgan fingerprint density at radius 1 is 1.33 bits per heavy atom. The third kappa shape index (κ3) is 2.96. The van der Waals surface area contributed by atoms with Gasteiger partial charge in [-0.05, 0) is 31.5 Å². The highest BCUT2D eigenvalue weighted by Crippen LogP contribution is 2.28. The smallest absolute Gasteiger partial charge is 0.248 e. The van der Waals surface area contributed by atoms with E-state index in [9.17, 15) is 13.2 Å². The Hall–Kier alpha value is -1.03. The summed E-state index contributed by atoms with van der Waals surface area (Å²) in [6.45, 7) is 2.56. The summed E-state index contributed by atoms with van der Waals surface area (Å²) in [6.07, 6.45) is -4.39. The summed E-state index contributed by atoms with van der Waals surface area (Å²) in [5, 5.41) is 0.409.